The highest BCUT2D eigenvalue weighted by molar-refractivity contribution is 5.81. The highest BCUT2D eigenvalue weighted by Gasteiger charge is 2.26. The van der Waals surface area contributed by atoms with Crippen molar-refractivity contribution in [3.05, 3.63) is 65.2 Å². The molecule has 1 atom stereocenters. The van der Waals surface area contributed by atoms with Crippen LogP contribution >= 0.6 is 0 Å². The molecular formula is C17H16. The second-order valence-electron chi connectivity index (χ2n) is 4.81. The van der Waals surface area contributed by atoms with Gasteiger partial charge in [0.25, 0.3) is 0 Å². The second-order valence-corrected chi connectivity index (χ2v) is 4.81. The van der Waals surface area contributed by atoms with Gasteiger partial charge in [0.05, 0.1) is 0 Å². The molecule has 0 amide bonds. The van der Waals surface area contributed by atoms with Gasteiger partial charge >= 0.3 is 0 Å². The first-order valence-corrected chi connectivity index (χ1v) is 6.08. The van der Waals surface area contributed by atoms with Crippen molar-refractivity contribution in [2.45, 2.75) is 19.8 Å². The summed E-state index contributed by atoms with van der Waals surface area (Å²) >= 11 is 0. The number of benzene rings is 2. The lowest BCUT2D eigenvalue weighted by molar-refractivity contribution is 0.944. The Morgan fingerprint density at radius 3 is 2.65 bits per heavy atom. The fourth-order valence-corrected chi connectivity index (χ4v) is 3.02. The molecule has 0 nitrogen and oxygen atoms in total. The molecular weight excluding hydrogens is 204 g/mol. The van der Waals surface area contributed by atoms with Gasteiger partial charge in [-0.3, -0.25) is 0 Å². The zero-order chi connectivity index (χ0) is 12.0. The van der Waals surface area contributed by atoms with Gasteiger partial charge in [-0.2, -0.15) is 0 Å². The summed E-state index contributed by atoms with van der Waals surface area (Å²) in [7, 11) is 0. The average Bonchev–Trinajstić information content (AvgIpc) is 2.64. The number of aryl methyl sites for hydroxylation is 1. The summed E-state index contributed by atoms with van der Waals surface area (Å²) in [6, 6.07) is 13.2. The van der Waals surface area contributed by atoms with Gasteiger partial charge in [-0.25, -0.2) is 0 Å². The highest BCUT2D eigenvalue weighted by Crippen LogP contribution is 2.46. The summed E-state index contributed by atoms with van der Waals surface area (Å²) in [6.45, 7) is 8.37. The van der Waals surface area contributed by atoms with Gasteiger partial charge in [0.15, 0.2) is 0 Å². The van der Waals surface area contributed by atoms with E-state index in [1.807, 2.05) is 6.08 Å². The molecule has 0 aliphatic heterocycles. The summed E-state index contributed by atoms with van der Waals surface area (Å²) in [5, 5.41) is 0. The quantitative estimate of drug-likeness (QED) is 0.649. The first kappa shape index (κ1) is 10.3. The molecule has 0 aromatic heterocycles. The molecule has 0 bridgehead atoms. The normalized spacial score (nSPS) is 16.5. The van der Waals surface area contributed by atoms with Crippen LogP contribution in [0.4, 0.5) is 0 Å². The fraction of sp³-hybridized carbons (Fsp3) is 0.176. The van der Waals surface area contributed by atoms with Gasteiger partial charge in [-0.05, 0) is 46.4 Å². The zero-order valence-electron chi connectivity index (χ0n) is 10.3. The molecule has 0 heteroatoms. The highest BCUT2D eigenvalue weighted by atomic mass is 14.3. The van der Waals surface area contributed by atoms with E-state index < -0.39 is 0 Å². The van der Waals surface area contributed by atoms with Crippen molar-refractivity contribution in [2.24, 2.45) is 0 Å². The molecule has 2 aromatic rings. The number of hydrogen-bond acceptors (Lipinski definition) is 0. The minimum absolute atomic E-state index is 0.514. The Bertz CT molecular complexity index is 605. The van der Waals surface area contributed by atoms with Crippen LogP contribution in [0.3, 0.4) is 0 Å². The van der Waals surface area contributed by atoms with Crippen molar-refractivity contribution < 1.29 is 0 Å². The summed E-state index contributed by atoms with van der Waals surface area (Å²) in [5.41, 5.74) is 8.31. The maximum absolute atomic E-state index is 3.87. The van der Waals surface area contributed by atoms with Crippen molar-refractivity contribution in [3.8, 4) is 11.1 Å². The predicted octanol–water partition coefficient (Wildman–Crippen LogP) is 4.77. The van der Waals surface area contributed by atoms with E-state index >= 15 is 0 Å². The molecule has 0 saturated carbocycles. The molecule has 0 spiro atoms. The van der Waals surface area contributed by atoms with Crippen LogP contribution in [0.25, 0.3) is 17.2 Å². The molecule has 0 radical (unpaired) electrons. The fourth-order valence-electron chi connectivity index (χ4n) is 3.02. The molecule has 2 aromatic carbocycles. The van der Waals surface area contributed by atoms with Crippen molar-refractivity contribution in [1.29, 1.82) is 0 Å². The molecule has 1 aliphatic carbocycles. The van der Waals surface area contributed by atoms with E-state index in [0.29, 0.717) is 5.92 Å². The van der Waals surface area contributed by atoms with Crippen molar-refractivity contribution in [2.75, 3.05) is 0 Å². The number of fused-ring (bicyclic) bond motifs is 3. The van der Waals surface area contributed by atoms with E-state index in [-0.39, 0.29) is 0 Å². The molecule has 0 fully saturated rings. The van der Waals surface area contributed by atoms with E-state index in [0.717, 1.165) is 0 Å². The lowest BCUT2D eigenvalue weighted by Crippen LogP contribution is -1.93. The van der Waals surface area contributed by atoms with Crippen LogP contribution in [-0.2, 0) is 0 Å². The molecule has 1 aliphatic rings. The van der Waals surface area contributed by atoms with E-state index in [1.165, 1.54) is 33.4 Å². The zero-order valence-corrected chi connectivity index (χ0v) is 10.3. The van der Waals surface area contributed by atoms with Gasteiger partial charge in [-0.15, -0.1) is 0 Å². The Labute approximate surface area is 103 Å². The molecule has 0 saturated heterocycles. The Morgan fingerprint density at radius 2 is 1.88 bits per heavy atom. The SMILES string of the molecule is C=Cc1cc(C)c2c(c1)-c1ccccc1C2C. The van der Waals surface area contributed by atoms with Crippen molar-refractivity contribution >= 4 is 6.08 Å². The molecule has 17 heavy (non-hydrogen) atoms. The Hall–Kier alpha value is -1.82. The molecule has 3 rings (SSSR count). The molecule has 0 N–H and O–H groups in total. The first-order chi connectivity index (χ1) is 8.22. The van der Waals surface area contributed by atoms with Crippen LogP contribution in [0.15, 0.2) is 43.0 Å². The monoisotopic (exact) mass is 220 g/mol. The van der Waals surface area contributed by atoms with E-state index in [2.05, 4.69) is 56.8 Å². The Kier molecular flexibility index (Phi) is 2.19. The van der Waals surface area contributed by atoms with Gasteiger partial charge in [0.1, 0.15) is 0 Å². The van der Waals surface area contributed by atoms with Crippen LogP contribution < -0.4 is 0 Å². The van der Waals surface area contributed by atoms with Crippen molar-refractivity contribution in [1.82, 2.24) is 0 Å². The van der Waals surface area contributed by atoms with Gasteiger partial charge in [0.2, 0.25) is 0 Å². The second kappa shape index (κ2) is 3.59. The average molecular weight is 220 g/mol. The van der Waals surface area contributed by atoms with Crippen LogP contribution in [0.5, 0.6) is 0 Å². The summed E-state index contributed by atoms with van der Waals surface area (Å²) in [4.78, 5) is 0. The van der Waals surface area contributed by atoms with E-state index in [9.17, 15) is 0 Å². The molecule has 1 unspecified atom stereocenters. The van der Waals surface area contributed by atoms with E-state index in [1.54, 1.807) is 0 Å². The third-order valence-electron chi connectivity index (χ3n) is 3.80. The Morgan fingerprint density at radius 1 is 1.12 bits per heavy atom. The third-order valence-corrected chi connectivity index (χ3v) is 3.80. The lowest BCUT2D eigenvalue weighted by atomic mass is 9.94. The topological polar surface area (TPSA) is 0 Å². The van der Waals surface area contributed by atoms with Crippen LogP contribution in [0, 0.1) is 6.92 Å². The van der Waals surface area contributed by atoms with Crippen LogP contribution in [-0.4, -0.2) is 0 Å². The molecule has 84 valence electrons. The smallest absolute Gasteiger partial charge is 0.00759 e. The van der Waals surface area contributed by atoms with E-state index in [4.69, 9.17) is 0 Å². The number of rotatable bonds is 1. The van der Waals surface area contributed by atoms with Gasteiger partial charge in [-0.1, -0.05) is 49.9 Å². The summed E-state index contributed by atoms with van der Waals surface area (Å²) in [5.74, 6) is 0.514. The van der Waals surface area contributed by atoms with Gasteiger partial charge < -0.3 is 0 Å². The standard InChI is InChI=1S/C17H16/c1-4-13-9-11(2)17-12(3)14-7-5-6-8-15(14)16(17)10-13/h4-10,12H,1H2,2-3H3. The third kappa shape index (κ3) is 1.37. The minimum Gasteiger partial charge on any atom is -0.0985 e. The predicted molar refractivity (Wildman–Crippen MR) is 74.2 cm³/mol. The largest absolute Gasteiger partial charge is 0.0985 e. The van der Waals surface area contributed by atoms with Gasteiger partial charge in [0, 0.05) is 5.92 Å². The van der Waals surface area contributed by atoms with Crippen LogP contribution in [0.1, 0.15) is 35.1 Å². The first-order valence-electron chi connectivity index (χ1n) is 6.08. The number of hydrogen-bond donors (Lipinski definition) is 0. The Balaban J connectivity index is 2.36. The van der Waals surface area contributed by atoms with Crippen molar-refractivity contribution in [3.63, 3.8) is 0 Å². The summed E-state index contributed by atoms with van der Waals surface area (Å²) < 4.78 is 0. The maximum atomic E-state index is 3.87. The van der Waals surface area contributed by atoms with Crippen LogP contribution in [0.2, 0.25) is 0 Å². The molecule has 0 heterocycles. The lowest BCUT2D eigenvalue weighted by Gasteiger charge is -2.10. The minimum atomic E-state index is 0.514. The summed E-state index contributed by atoms with van der Waals surface area (Å²) in [6.07, 6.45) is 1.93. The maximum Gasteiger partial charge on any atom is 0.00759 e.